The summed E-state index contributed by atoms with van der Waals surface area (Å²) in [5.41, 5.74) is 2.90. The molecular formula is C15H19N3O. The fourth-order valence-corrected chi connectivity index (χ4v) is 2.47. The van der Waals surface area contributed by atoms with Crippen LogP contribution in [0.5, 0.6) is 0 Å². The van der Waals surface area contributed by atoms with Crippen LogP contribution in [0.2, 0.25) is 0 Å². The summed E-state index contributed by atoms with van der Waals surface area (Å²) in [6, 6.07) is 4.02. The Morgan fingerprint density at radius 2 is 2.37 bits per heavy atom. The SMILES string of the molecule is Cc1cccn2cc(CC(=O)NCC3CCC3)nc12. The van der Waals surface area contributed by atoms with Crippen molar-refractivity contribution in [2.24, 2.45) is 5.92 Å². The fourth-order valence-electron chi connectivity index (χ4n) is 2.47. The lowest BCUT2D eigenvalue weighted by atomic mass is 9.85. The number of carbonyl (C=O) groups excluding carboxylic acids is 1. The number of nitrogens with zero attached hydrogens (tertiary/aromatic N) is 2. The number of aromatic nitrogens is 2. The molecule has 2 heterocycles. The van der Waals surface area contributed by atoms with Crippen LogP contribution in [0.1, 0.15) is 30.5 Å². The van der Waals surface area contributed by atoms with E-state index in [9.17, 15) is 4.79 Å². The predicted octanol–water partition coefficient (Wildman–Crippen LogP) is 2.10. The van der Waals surface area contributed by atoms with Crippen molar-refractivity contribution >= 4 is 11.6 Å². The van der Waals surface area contributed by atoms with Gasteiger partial charge in [-0.1, -0.05) is 12.5 Å². The standard InChI is InChI=1S/C15H19N3O/c1-11-4-3-7-18-10-13(17-15(11)18)8-14(19)16-9-12-5-2-6-12/h3-4,7,10,12H,2,5-6,8-9H2,1H3,(H,16,19). The second kappa shape index (κ2) is 5.03. The molecule has 1 saturated carbocycles. The largest absolute Gasteiger partial charge is 0.355 e. The third-order valence-electron chi connectivity index (χ3n) is 3.88. The molecule has 0 unspecified atom stereocenters. The minimum absolute atomic E-state index is 0.0768. The molecule has 1 aliphatic rings. The van der Waals surface area contributed by atoms with E-state index in [1.165, 1.54) is 19.3 Å². The molecule has 2 aromatic rings. The highest BCUT2D eigenvalue weighted by molar-refractivity contribution is 5.78. The number of hydrogen-bond acceptors (Lipinski definition) is 2. The zero-order chi connectivity index (χ0) is 13.2. The maximum absolute atomic E-state index is 11.9. The number of rotatable bonds is 4. The monoisotopic (exact) mass is 257 g/mol. The summed E-state index contributed by atoms with van der Waals surface area (Å²) in [7, 11) is 0. The highest BCUT2D eigenvalue weighted by Gasteiger charge is 2.18. The van der Waals surface area contributed by atoms with Gasteiger partial charge in [-0.15, -0.1) is 0 Å². The van der Waals surface area contributed by atoms with Gasteiger partial charge in [-0.2, -0.15) is 0 Å². The van der Waals surface area contributed by atoms with E-state index in [4.69, 9.17) is 0 Å². The Kier molecular flexibility index (Phi) is 3.23. The maximum Gasteiger partial charge on any atom is 0.226 e. The van der Waals surface area contributed by atoms with Crippen LogP contribution in [0.3, 0.4) is 0 Å². The first-order chi connectivity index (χ1) is 9.22. The van der Waals surface area contributed by atoms with Crippen LogP contribution < -0.4 is 5.32 Å². The predicted molar refractivity (Wildman–Crippen MR) is 74.0 cm³/mol. The quantitative estimate of drug-likeness (QED) is 0.911. The number of nitrogens with one attached hydrogen (secondary N) is 1. The van der Waals surface area contributed by atoms with Gasteiger partial charge in [0, 0.05) is 18.9 Å². The van der Waals surface area contributed by atoms with Gasteiger partial charge in [0.25, 0.3) is 0 Å². The summed E-state index contributed by atoms with van der Waals surface area (Å²) >= 11 is 0. The molecule has 1 N–H and O–H groups in total. The molecule has 100 valence electrons. The zero-order valence-corrected chi connectivity index (χ0v) is 11.2. The second-order valence-electron chi connectivity index (χ2n) is 5.43. The van der Waals surface area contributed by atoms with E-state index < -0.39 is 0 Å². The van der Waals surface area contributed by atoms with Gasteiger partial charge in [0.1, 0.15) is 5.65 Å². The molecule has 0 spiro atoms. The van der Waals surface area contributed by atoms with E-state index in [1.54, 1.807) is 0 Å². The molecule has 4 nitrogen and oxygen atoms in total. The molecule has 2 aromatic heterocycles. The average molecular weight is 257 g/mol. The molecular weight excluding hydrogens is 238 g/mol. The number of aryl methyl sites for hydroxylation is 1. The lowest BCUT2D eigenvalue weighted by Gasteiger charge is -2.25. The Morgan fingerprint density at radius 3 is 3.05 bits per heavy atom. The summed E-state index contributed by atoms with van der Waals surface area (Å²) in [5.74, 6) is 0.778. The van der Waals surface area contributed by atoms with Crippen molar-refractivity contribution in [1.82, 2.24) is 14.7 Å². The molecule has 0 atom stereocenters. The highest BCUT2D eigenvalue weighted by atomic mass is 16.1. The first-order valence-electron chi connectivity index (χ1n) is 6.92. The van der Waals surface area contributed by atoms with Crippen LogP contribution in [-0.4, -0.2) is 21.8 Å². The highest BCUT2D eigenvalue weighted by Crippen LogP contribution is 2.25. The minimum atomic E-state index is 0.0768. The van der Waals surface area contributed by atoms with E-state index >= 15 is 0 Å². The van der Waals surface area contributed by atoms with Crippen LogP contribution in [-0.2, 0) is 11.2 Å². The van der Waals surface area contributed by atoms with Crippen molar-refractivity contribution < 1.29 is 4.79 Å². The van der Waals surface area contributed by atoms with Crippen LogP contribution in [0.15, 0.2) is 24.5 Å². The topological polar surface area (TPSA) is 46.4 Å². The number of pyridine rings is 1. The smallest absolute Gasteiger partial charge is 0.226 e. The number of hydrogen-bond donors (Lipinski definition) is 1. The molecule has 0 bridgehead atoms. The lowest BCUT2D eigenvalue weighted by molar-refractivity contribution is -0.120. The number of fused-ring (bicyclic) bond motifs is 1. The van der Waals surface area contributed by atoms with E-state index in [0.717, 1.165) is 23.4 Å². The van der Waals surface area contributed by atoms with Gasteiger partial charge in [-0.3, -0.25) is 4.79 Å². The molecule has 4 heteroatoms. The third kappa shape index (κ3) is 2.62. The van der Waals surface area contributed by atoms with Crippen molar-refractivity contribution in [3.8, 4) is 0 Å². The van der Waals surface area contributed by atoms with Crippen LogP contribution in [0, 0.1) is 12.8 Å². The van der Waals surface area contributed by atoms with Gasteiger partial charge in [0.2, 0.25) is 5.91 Å². The molecule has 19 heavy (non-hydrogen) atoms. The number of amides is 1. The normalized spacial score (nSPS) is 15.4. The van der Waals surface area contributed by atoms with Gasteiger partial charge in [-0.25, -0.2) is 4.98 Å². The summed E-state index contributed by atoms with van der Waals surface area (Å²) in [6.07, 6.45) is 8.10. The maximum atomic E-state index is 11.9. The van der Waals surface area contributed by atoms with Gasteiger partial charge < -0.3 is 9.72 Å². The Bertz CT molecular complexity index is 598. The molecule has 0 aromatic carbocycles. The van der Waals surface area contributed by atoms with Crippen LogP contribution >= 0.6 is 0 Å². The molecule has 0 radical (unpaired) electrons. The Labute approximate surface area is 112 Å². The van der Waals surface area contributed by atoms with Crippen LogP contribution in [0.4, 0.5) is 0 Å². The molecule has 3 rings (SSSR count). The molecule has 1 fully saturated rings. The molecule has 0 saturated heterocycles. The molecule has 1 amide bonds. The summed E-state index contributed by atoms with van der Waals surface area (Å²) < 4.78 is 1.98. The van der Waals surface area contributed by atoms with Gasteiger partial charge in [0.15, 0.2) is 0 Å². The van der Waals surface area contributed by atoms with E-state index in [2.05, 4.69) is 10.3 Å². The molecule has 0 aliphatic heterocycles. The average Bonchev–Trinajstić information content (AvgIpc) is 2.71. The summed E-state index contributed by atoms with van der Waals surface area (Å²) in [5, 5.41) is 3.00. The zero-order valence-electron chi connectivity index (χ0n) is 11.2. The summed E-state index contributed by atoms with van der Waals surface area (Å²) in [6.45, 7) is 2.86. The third-order valence-corrected chi connectivity index (χ3v) is 3.88. The number of imidazole rings is 1. The first-order valence-corrected chi connectivity index (χ1v) is 6.92. The van der Waals surface area contributed by atoms with Crippen molar-refractivity contribution in [3.63, 3.8) is 0 Å². The van der Waals surface area contributed by atoms with Gasteiger partial charge in [-0.05, 0) is 37.3 Å². The van der Waals surface area contributed by atoms with E-state index in [0.29, 0.717) is 12.3 Å². The lowest BCUT2D eigenvalue weighted by Crippen LogP contribution is -2.33. The van der Waals surface area contributed by atoms with Crippen LogP contribution in [0.25, 0.3) is 5.65 Å². The van der Waals surface area contributed by atoms with Crippen molar-refractivity contribution in [3.05, 3.63) is 35.8 Å². The Balaban J connectivity index is 1.63. The fraction of sp³-hybridized carbons (Fsp3) is 0.467. The minimum Gasteiger partial charge on any atom is -0.355 e. The van der Waals surface area contributed by atoms with E-state index in [-0.39, 0.29) is 5.91 Å². The first kappa shape index (κ1) is 12.2. The molecule has 1 aliphatic carbocycles. The van der Waals surface area contributed by atoms with Crippen molar-refractivity contribution in [2.45, 2.75) is 32.6 Å². The Morgan fingerprint density at radius 1 is 1.53 bits per heavy atom. The number of carbonyl (C=O) groups is 1. The second-order valence-corrected chi connectivity index (χ2v) is 5.43. The Hall–Kier alpha value is -1.84. The van der Waals surface area contributed by atoms with Gasteiger partial charge >= 0.3 is 0 Å². The van der Waals surface area contributed by atoms with Crippen molar-refractivity contribution in [1.29, 1.82) is 0 Å². The summed E-state index contributed by atoms with van der Waals surface area (Å²) in [4.78, 5) is 16.4. The van der Waals surface area contributed by atoms with Gasteiger partial charge in [0.05, 0.1) is 12.1 Å². The van der Waals surface area contributed by atoms with E-state index in [1.807, 2.05) is 35.9 Å². The van der Waals surface area contributed by atoms with Crippen molar-refractivity contribution in [2.75, 3.05) is 6.54 Å².